The van der Waals surface area contributed by atoms with Gasteiger partial charge in [0.1, 0.15) is 27.8 Å². The van der Waals surface area contributed by atoms with Crippen LogP contribution in [-0.2, 0) is 0 Å². The molecule has 0 aliphatic carbocycles. The number of benzene rings is 10. The van der Waals surface area contributed by atoms with Crippen LogP contribution in [0.1, 0.15) is 0 Å². The van der Waals surface area contributed by atoms with E-state index in [1.807, 2.05) is 54.6 Å². The third-order valence-corrected chi connectivity index (χ3v) is 12.1. The number of furan rings is 2. The van der Waals surface area contributed by atoms with E-state index in [2.05, 4.69) is 144 Å². The van der Waals surface area contributed by atoms with Crippen LogP contribution in [0.25, 0.3) is 110 Å². The number of oxazole rings is 1. The van der Waals surface area contributed by atoms with Gasteiger partial charge in [0.05, 0.1) is 5.69 Å². The van der Waals surface area contributed by atoms with E-state index in [4.69, 9.17) is 18.2 Å². The fourth-order valence-electron chi connectivity index (χ4n) is 9.26. The third-order valence-electron chi connectivity index (χ3n) is 12.1. The zero-order chi connectivity index (χ0) is 39.3. The van der Waals surface area contributed by atoms with E-state index in [1.165, 1.54) is 0 Å². The molecule has 0 spiro atoms. The van der Waals surface area contributed by atoms with Crippen LogP contribution in [0.15, 0.2) is 207 Å². The number of aromatic nitrogens is 1. The van der Waals surface area contributed by atoms with Gasteiger partial charge in [-0.15, -0.1) is 0 Å². The summed E-state index contributed by atoms with van der Waals surface area (Å²) in [6.07, 6.45) is 0. The Labute approximate surface area is 342 Å². The molecule has 0 saturated heterocycles. The Morgan fingerprint density at radius 3 is 1.85 bits per heavy atom. The van der Waals surface area contributed by atoms with Gasteiger partial charge in [0.2, 0.25) is 5.89 Å². The van der Waals surface area contributed by atoms with Gasteiger partial charge in [-0.3, -0.25) is 0 Å². The SMILES string of the molecule is c1ccc(-c2nc3ccc4ccc5ccc(-c6ccc(N(c7ccc8c(c7)oc7ccccc78)c7ccc8oc9ccccc9c8c7)c7ccccc67)cc5c4c3o2)cc1. The number of hydrogen-bond acceptors (Lipinski definition) is 5. The van der Waals surface area contributed by atoms with Crippen molar-refractivity contribution in [3.05, 3.63) is 194 Å². The molecule has 5 heteroatoms. The number of para-hydroxylation sites is 2. The van der Waals surface area contributed by atoms with Crippen molar-refractivity contribution in [3.8, 4) is 22.6 Å². The van der Waals surface area contributed by atoms with Crippen molar-refractivity contribution in [3.63, 3.8) is 0 Å². The van der Waals surface area contributed by atoms with Gasteiger partial charge in [-0.1, -0.05) is 115 Å². The molecule has 0 N–H and O–H groups in total. The van der Waals surface area contributed by atoms with Crippen molar-refractivity contribution in [2.45, 2.75) is 0 Å². The molecule has 60 heavy (non-hydrogen) atoms. The van der Waals surface area contributed by atoms with Gasteiger partial charge in [0, 0.05) is 55.3 Å². The Balaban J connectivity index is 1.02. The first kappa shape index (κ1) is 32.9. The molecular weight excluding hydrogens is 737 g/mol. The molecule has 0 aliphatic heterocycles. The van der Waals surface area contributed by atoms with Gasteiger partial charge in [-0.2, -0.15) is 0 Å². The van der Waals surface area contributed by atoms with Crippen LogP contribution in [0.3, 0.4) is 0 Å². The minimum atomic E-state index is 0.622. The molecule has 3 heterocycles. The molecule has 0 bridgehead atoms. The highest BCUT2D eigenvalue weighted by molar-refractivity contribution is 6.19. The summed E-state index contributed by atoms with van der Waals surface area (Å²) in [5, 5.41) is 11.1. The van der Waals surface area contributed by atoms with Gasteiger partial charge in [0.25, 0.3) is 0 Å². The van der Waals surface area contributed by atoms with Gasteiger partial charge < -0.3 is 18.2 Å². The fourth-order valence-corrected chi connectivity index (χ4v) is 9.26. The van der Waals surface area contributed by atoms with Crippen molar-refractivity contribution in [2.24, 2.45) is 0 Å². The van der Waals surface area contributed by atoms with Crippen molar-refractivity contribution >= 4 is 104 Å². The standard InChI is InChI=1S/C55H32N2O3/c1-2-10-35(11-3-1)55-56-47-27-22-34-20-18-33-19-21-36(30-45(33)53(34)54(47)60-55)39-26-28-48(41-13-5-4-12-40(39)41)57(37-24-29-51-46(31-37)43-15-7-9-17-50(43)58-51)38-23-25-44-42-14-6-8-16-49(42)59-52(44)32-38/h1-32H. The first-order valence-electron chi connectivity index (χ1n) is 20.2. The molecule has 13 rings (SSSR count). The summed E-state index contributed by atoms with van der Waals surface area (Å²) in [5.74, 6) is 0.622. The lowest BCUT2D eigenvalue weighted by Gasteiger charge is -2.27. The molecule has 13 aromatic rings. The van der Waals surface area contributed by atoms with E-state index in [0.717, 1.165) is 121 Å². The Kier molecular flexibility index (Phi) is 6.95. The summed E-state index contributed by atoms with van der Waals surface area (Å²) >= 11 is 0. The third kappa shape index (κ3) is 4.96. The molecule has 5 nitrogen and oxygen atoms in total. The Bertz CT molecular complexity index is 3860. The normalized spacial score (nSPS) is 12.0. The molecular formula is C55H32N2O3. The Morgan fingerprint density at radius 1 is 0.367 bits per heavy atom. The summed E-state index contributed by atoms with van der Waals surface area (Å²) in [4.78, 5) is 7.26. The zero-order valence-electron chi connectivity index (χ0n) is 32.1. The highest BCUT2D eigenvalue weighted by Crippen LogP contribution is 2.46. The van der Waals surface area contributed by atoms with Crippen LogP contribution in [0.5, 0.6) is 0 Å². The number of rotatable bonds is 5. The summed E-state index contributed by atoms with van der Waals surface area (Å²) in [7, 11) is 0. The van der Waals surface area contributed by atoms with Gasteiger partial charge in [-0.05, 0) is 105 Å². The maximum absolute atomic E-state index is 6.58. The van der Waals surface area contributed by atoms with E-state index >= 15 is 0 Å². The smallest absolute Gasteiger partial charge is 0.227 e. The molecule has 0 radical (unpaired) electrons. The first-order valence-corrected chi connectivity index (χ1v) is 20.2. The monoisotopic (exact) mass is 768 g/mol. The molecule has 3 aromatic heterocycles. The van der Waals surface area contributed by atoms with Crippen LogP contribution in [-0.4, -0.2) is 4.98 Å². The summed E-state index contributed by atoms with van der Waals surface area (Å²) < 4.78 is 19.3. The van der Waals surface area contributed by atoms with E-state index in [-0.39, 0.29) is 0 Å². The van der Waals surface area contributed by atoms with E-state index in [9.17, 15) is 0 Å². The summed E-state index contributed by atoms with van der Waals surface area (Å²) in [6, 6.07) is 68.2. The molecule has 0 amide bonds. The lowest BCUT2D eigenvalue weighted by molar-refractivity contribution is 0.623. The van der Waals surface area contributed by atoms with E-state index in [0.29, 0.717) is 5.89 Å². The molecule has 0 atom stereocenters. The average molecular weight is 769 g/mol. The molecule has 0 aliphatic rings. The average Bonchev–Trinajstić information content (AvgIpc) is 4.02. The maximum atomic E-state index is 6.58. The Hall–Kier alpha value is -8.15. The second-order valence-corrected chi connectivity index (χ2v) is 15.5. The quantitative estimate of drug-likeness (QED) is 0.163. The number of anilines is 3. The number of fused-ring (bicyclic) bond motifs is 12. The number of hydrogen-bond donors (Lipinski definition) is 0. The van der Waals surface area contributed by atoms with Crippen molar-refractivity contribution in [1.29, 1.82) is 0 Å². The lowest BCUT2D eigenvalue weighted by atomic mass is 9.93. The van der Waals surface area contributed by atoms with Crippen LogP contribution < -0.4 is 4.90 Å². The van der Waals surface area contributed by atoms with Gasteiger partial charge in [-0.25, -0.2) is 4.98 Å². The van der Waals surface area contributed by atoms with Gasteiger partial charge in [0.15, 0.2) is 5.58 Å². The number of nitrogens with zero attached hydrogens (tertiary/aromatic N) is 2. The predicted octanol–water partition coefficient (Wildman–Crippen LogP) is 15.9. The topological polar surface area (TPSA) is 55.6 Å². The van der Waals surface area contributed by atoms with Crippen molar-refractivity contribution < 1.29 is 13.3 Å². The van der Waals surface area contributed by atoms with Crippen LogP contribution in [0, 0.1) is 0 Å². The minimum absolute atomic E-state index is 0.622. The second-order valence-electron chi connectivity index (χ2n) is 15.5. The second kappa shape index (κ2) is 12.7. The maximum Gasteiger partial charge on any atom is 0.227 e. The van der Waals surface area contributed by atoms with Crippen LogP contribution in [0.2, 0.25) is 0 Å². The first-order chi connectivity index (χ1) is 29.7. The van der Waals surface area contributed by atoms with E-state index in [1.54, 1.807) is 0 Å². The highest BCUT2D eigenvalue weighted by Gasteiger charge is 2.21. The molecule has 0 fully saturated rings. The molecule has 0 unspecified atom stereocenters. The van der Waals surface area contributed by atoms with E-state index < -0.39 is 0 Å². The van der Waals surface area contributed by atoms with Crippen molar-refractivity contribution in [1.82, 2.24) is 4.98 Å². The molecule has 280 valence electrons. The molecule has 0 saturated carbocycles. The predicted molar refractivity (Wildman–Crippen MR) is 247 cm³/mol. The minimum Gasteiger partial charge on any atom is -0.456 e. The van der Waals surface area contributed by atoms with Crippen LogP contribution in [0.4, 0.5) is 17.1 Å². The lowest BCUT2D eigenvalue weighted by Crippen LogP contribution is -2.10. The van der Waals surface area contributed by atoms with Crippen LogP contribution >= 0.6 is 0 Å². The summed E-state index contributed by atoms with van der Waals surface area (Å²) in [5.41, 5.74) is 11.4. The molecule has 10 aromatic carbocycles. The van der Waals surface area contributed by atoms with Gasteiger partial charge >= 0.3 is 0 Å². The zero-order valence-corrected chi connectivity index (χ0v) is 32.1. The largest absolute Gasteiger partial charge is 0.456 e. The fraction of sp³-hybridized carbons (Fsp3) is 0. The van der Waals surface area contributed by atoms with Crippen molar-refractivity contribution in [2.75, 3.05) is 4.90 Å². The highest BCUT2D eigenvalue weighted by atomic mass is 16.3. The summed E-state index contributed by atoms with van der Waals surface area (Å²) in [6.45, 7) is 0. The Morgan fingerprint density at radius 2 is 1.00 bits per heavy atom.